The number of halogens is 2. The van der Waals surface area contributed by atoms with Crippen molar-refractivity contribution < 1.29 is 31.5 Å². The molecule has 0 fully saturated rings. The van der Waals surface area contributed by atoms with Crippen LogP contribution in [0.1, 0.15) is 6.42 Å². The number of carbonyl (C=O) groups excluding carboxylic acids is 1. The average Bonchev–Trinajstić information content (AvgIpc) is 2.63. The van der Waals surface area contributed by atoms with Gasteiger partial charge in [0.05, 0.1) is 10.6 Å². The Balaban J connectivity index is 1.64. The number of benzene rings is 2. The maximum Gasteiger partial charge on any atom is 0.225 e. The van der Waals surface area contributed by atoms with Crippen LogP contribution in [0.25, 0.3) is 0 Å². The standard InChI is InChI=1S/C17H15F2NO5S/c18-13-3-1-11(9-14(13)19)20-17(21)5-8-26(22,23)12-2-4-15-16(10-12)25-7-6-24-15/h1-4,9-10H,5-8H2,(H,20,21). The highest BCUT2D eigenvalue weighted by molar-refractivity contribution is 7.91. The van der Waals surface area contributed by atoms with Crippen LogP contribution in [0.3, 0.4) is 0 Å². The van der Waals surface area contributed by atoms with Gasteiger partial charge >= 0.3 is 0 Å². The van der Waals surface area contributed by atoms with E-state index in [-0.39, 0.29) is 17.0 Å². The Morgan fingerprint density at radius 3 is 2.46 bits per heavy atom. The van der Waals surface area contributed by atoms with E-state index in [4.69, 9.17) is 9.47 Å². The van der Waals surface area contributed by atoms with Crippen molar-refractivity contribution in [3.05, 3.63) is 48.0 Å². The van der Waals surface area contributed by atoms with Gasteiger partial charge < -0.3 is 14.8 Å². The molecule has 1 aliphatic rings. The van der Waals surface area contributed by atoms with Crippen molar-refractivity contribution >= 4 is 21.4 Å². The number of carbonyl (C=O) groups is 1. The van der Waals surface area contributed by atoms with Gasteiger partial charge in [-0.1, -0.05) is 0 Å². The van der Waals surface area contributed by atoms with Gasteiger partial charge in [0.1, 0.15) is 13.2 Å². The number of hydrogen-bond donors (Lipinski definition) is 1. The van der Waals surface area contributed by atoms with Gasteiger partial charge in [-0.25, -0.2) is 17.2 Å². The summed E-state index contributed by atoms with van der Waals surface area (Å²) >= 11 is 0. The van der Waals surface area contributed by atoms with Crippen LogP contribution in [0, 0.1) is 11.6 Å². The number of hydrogen-bond acceptors (Lipinski definition) is 5. The highest BCUT2D eigenvalue weighted by atomic mass is 32.2. The highest BCUT2D eigenvalue weighted by Gasteiger charge is 2.20. The highest BCUT2D eigenvalue weighted by Crippen LogP contribution is 2.32. The predicted octanol–water partition coefficient (Wildman–Crippen LogP) is 2.54. The number of rotatable bonds is 5. The minimum atomic E-state index is -3.73. The number of sulfone groups is 1. The molecule has 9 heteroatoms. The minimum absolute atomic E-state index is 0.0161. The van der Waals surface area contributed by atoms with Crippen molar-refractivity contribution in [3.63, 3.8) is 0 Å². The van der Waals surface area contributed by atoms with Crippen LogP contribution in [0.5, 0.6) is 11.5 Å². The van der Waals surface area contributed by atoms with Gasteiger partial charge in [0.25, 0.3) is 0 Å². The number of ether oxygens (including phenoxy) is 2. The molecule has 2 aromatic rings. The molecule has 1 amide bonds. The van der Waals surface area contributed by atoms with Crippen molar-refractivity contribution in [3.8, 4) is 11.5 Å². The van der Waals surface area contributed by atoms with Crippen LogP contribution in [-0.2, 0) is 14.6 Å². The zero-order valence-electron chi connectivity index (χ0n) is 13.5. The fourth-order valence-corrected chi connectivity index (χ4v) is 3.61. The van der Waals surface area contributed by atoms with E-state index >= 15 is 0 Å². The summed E-state index contributed by atoms with van der Waals surface area (Å²) in [6, 6.07) is 7.13. The zero-order chi connectivity index (χ0) is 18.7. The third-order valence-electron chi connectivity index (χ3n) is 3.67. The number of anilines is 1. The van der Waals surface area contributed by atoms with Crippen LogP contribution in [-0.4, -0.2) is 33.3 Å². The Morgan fingerprint density at radius 1 is 1.00 bits per heavy atom. The van der Waals surface area contributed by atoms with Gasteiger partial charge in [0.15, 0.2) is 33.0 Å². The SMILES string of the molecule is O=C(CCS(=O)(=O)c1ccc2c(c1)OCCO2)Nc1ccc(F)c(F)c1. The smallest absolute Gasteiger partial charge is 0.225 e. The minimum Gasteiger partial charge on any atom is -0.486 e. The molecule has 138 valence electrons. The summed E-state index contributed by atoms with van der Waals surface area (Å²) in [5.41, 5.74) is 0.0469. The van der Waals surface area contributed by atoms with Crippen molar-refractivity contribution in [2.75, 3.05) is 24.3 Å². The second-order valence-corrected chi connectivity index (χ2v) is 7.66. The summed E-state index contributed by atoms with van der Waals surface area (Å²) in [5, 5.41) is 2.33. The van der Waals surface area contributed by atoms with Gasteiger partial charge in [0.2, 0.25) is 5.91 Å². The van der Waals surface area contributed by atoms with E-state index in [2.05, 4.69) is 5.32 Å². The Labute approximate surface area is 148 Å². The molecule has 0 bridgehead atoms. The summed E-state index contributed by atoms with van der Waals surface area (Å²) < 4.78 is 61.4. The van der Waals surface area contributed by atoms with Crippen LogP contribution in [0.2, 0.25) is 0 Å². The van der Waals surface area contributed by atoms with Crippen molar-refractivity contribution in [1.82, 2.24) is 0 Å². The van der Waals surface area contributed by atoms with Gasteiger partial charge in [0, 0.05) is 24.2 Å². The second kappa shape index (κ2) is 7.28. The summed E-state index contributed by atoms with van der Waals surface area (Å²) in [7, 11) is -3.73. The monoisotopic (exact) mass is 383 g/mol. The van der Waals surface area contributed by atoms with E-state index in [1.807, 2.05) is 0 Å². The van der Waals surface area contributed by atoms with Crippen LogP contribution in [0.15, 0.2) is 41.3 Å². The lowest BCUT2D eigenvalue weighted by atomic mass is 10.3. The third kappa shape index (κ3) is 4.10. The van der Waals surface area contributed by atoms with Crippen molar-refractivity contribution in [2.45, 2.75) is 11.3 Å². The second-order valence-electron chi connectivity index (χ2n) is 5.55. The first kappa shape index (κ1) is 18.1. The first-order valence-electron chi connectivity index (χ1n) is 7.72. The Bertz CT molecular complexity index is 946. The molecule has 0 atom stereocenters. The van der Waals surface area contributed by atoms with Gasteiger partial charge in [-0.3, -0.25) is 4.79 Å². The molecule has 0 aromatic heterocycles. The van der Waals surface area contributed by atoms with E-state index in [0.717, 1.165) is 12.1 Å². The van der Waals surface area contributed by atoms with E-state index in [1.54, 1.807) is 0 Å². The fourth-order valence-electron chi connectivity index (χ4n) is 2.36. The van der Waals surface area contributed by atoms with Crippen LogP contribution >= 0.6 is 0 Å². The molecule has 1 heterocycles. The molecular formula is C17H15F2NO5S. The lowest BCUT2D eigenvalue weighted by Crippen LogP contribution is -2.18. The quantitative estimate of drug-likeness (QED) is 0.858. The topological polar surface area (TPSA) is 81.7 Å². The number of amides is 1. The molecule has 0 saturated heterocycles. The summed E-state index contributed by atoms with van der Waals surface area (Å²) in [5.74, 6) is -2.41. The van der Waals surface area contributed by atoms with Gasteiger partial charge in [-0.05, 0) is 24.3 Å². The maximum absolute atomic E-state index is 13.1. The average molecular weight is 383 g/mol. The molecule has 1 N–H and O–H groups in total. The van der Waals surface area contributed by atoms with Crippen molar-refractivity contribution in [2.24, 2.45) is 0 Å². The molecular weight excluding hydrogens is 368 g/mol. The summed E-state index contributed by atoms with van der Waals surface area (Å²) in [6.45, 7) is 0.719. The van der Waals surface area contributed by atoms with E-state index in [1.165, 1.54) is 24.3 Å². The van der Waals surface area contributed by atoms with E-state index in [9.17, 15) is 22.0 Å². The zero-order valence-corrected chi connectivity index (χ0v) is 14.3. The Kier molecular flexibility index (Phi) is 5.08. The van der Waals surface area contributed by atoms with Crippen LogP contribution < -0.4 is 14.8 Å². The Morgan fingerprint density at radius 2 is 1.73 bits per heavy atom. The lowest BCUT2D eigenvalue weighted by molar-refractivity contribution is -0.115. The van der Waals surface area contributed by atoms with Crippen LogP contribution in [0.4, 0.5) is 14.5 Å². The maximum atomic E-state index is 13.1. The third-order valence-corrected chi connectivity index (χ3v) is 5.39. The molecule has 2 aromatic carbocycles. The lowest BCUT2D eigenvalue weighted by Gasteiger charge is -2.18. The summed E-state index contributed by atoms with van der Waals surface area (Å²) in [4.78, 5) is 11.9. The molecule has 1 aliphatic heterocycles. The number of nitrogens with one attached hydrogen (secondary N) is 1. The molecule has 0 saturated carbocycles. The summed E-state index contributed by atoms with van der Waals surface area (Å²) in [6.07, 6.45) is -0.338. The van der Waals surface area contributed by atoms with Gasteiger partial charge in [-0.2, -0.15) is 0 Å². The fraction of sp³-hybridized carbons (Fsp3) is 0.235. The molecule has 0 unspecified atom stereocenters. The first-order chi connectivity index (χ1) is 12.3. The van der Waals surface area contributed by atoms with E-state index < -0.39 is 33.1 Å². The Hall–Kier alpha value is -2.68. The molecule has 6 nitrogen and oxygen atoms in total. The largest absolute Gasteiger partial charge is 0.486 e. The molecule has 26 heavy (non-hydrogen) atoms. The number of fused-ring (bicyclic) bond motifs is 1. The molecule has 0 aliphatic carbocycles. The molecule has 0 radical (unpaired) electrons. The van der Waals surface area contributed by atoms with Crippen molar-refractivity contribution in [1.29, 1.82) is 0 Å². The molecule has 0 spiro atoms. The normalized spacial score (nSPS) is 13.3. The predicted molar refractivity (Wildman–Crippen MR) is 89.1 cm³/mol. The van der Waals surface area contributed by atoms with E-state index in [0.29, 0.717) is 24.7 Å². The van der Waals surface area contributed by atoms with Gasteiger partial charge in [-0.15, -0.1) is 0 Å². The molecule has 3 rings (SSSR count). The first-order valence-corrected chi connectivity index (χ1v) is 9.38.